The third-order valence-corrected chi connectivity index (χ3v) is 12.6. The highest BCUT2D eigenvalue weighted by Gasteiger charge is 2.46. The number of amides is 5. The van der Waals surface area contributed by atoms with E-state index in [0.717, 1.165) is 5.56 Å². The molecule has 77 heavy (non-hydrogen) atoms. The molecule has 2 N–H and O–H groups in total. The van der Waals surface area contributed by atoms with Crippen LogP contribution in [0.4, 0.5) is 31.1 Å². The quantitative estimate of drug-likeness (QED) is 0.0397. The third-order valence-electron chi connectivity index (χ3n) is 12.1. The normalized spacial score (nSPS) is 15.9. The molecule has 404 valence electrons. The van der Waals surface area contributed by atoms with Gasteiger partial charge in [-0.05, 0) is 97.3 Å². The number of carbonyl (C=O) groups is 4. The Morgan fingerprint density at radius 3 is 2.09 bits per heavy atom. The van der Waals surface area contributed by atoms with Crippen molar-refractivity contribution < 1.29 is 64.5 Å². The number of ether oxygens (including phenoxy) is 4. The zero-order chi connectivity index (χ0) is 55.8. The number of carbonyl (C=O) groups excluding carboxylic acids is 4. The van der Waals surface area contributed by atoms with Gasteiger partial charge >= 0.3 is 18.4 Å². The molecule has 2 aliphatic heterocycles. The topological polar surface area (TPSA) is 175 Å². The van der Waals surface area contributed by atoms with E-state index in [4.69, 9.17) is 47.1 Å². The van der Waals surface area contributed by atoms with Crippen LogP contribution < -0.4 is 29.6 Å². The average molecular weight is 1110 g/mol. The smallest absolute Gasteiger partial charge is 0.416 e. The number of nitriles is 1. The molecule has 7 rings (SSSR count). The van der Waals surface area contributed by atoms with Crippen LogP contribution in [0.15, 0.2) is 114 Å². The van der Waals surface area contributed by atoms with Crippen LogP contribution in [0.2, 0.25) is 10.0 Å². The molecule has 2 unspecified atom stereocenters. The maximum Gasteiger partial charge on any atom is 0.416 e. The van der Waals surface area contributed by atoms with Gasteiger partial charge < -0.3 is 39.4 Å². The van der Waals surface area contributed by atoms with E-state index in [1.165, 1.54) is 48.3 Å². The number of amidine groups is 1. The minimum atomic E-state index is -5.11. The molecule has 1 saturated heterocycles. The summed E-state index contributed by atoms with van der Waals surface area (Å²) in [7, 11) is 2.75. The zero-order valence-corrected chi connectivity index (χ0v) is 43.1. The maximum atomic E-state index is 15.1. The van der Waals surface area contributed by atoms with Crippen molar-refractivity contribution in [2.45, 2.75) is 51.0 Å². The van der Waals surface area contributed by atoms with Crippen molar-refractivity contribution >= 4 is 58.9 Å². The number of nitrogens with zero attached hydrogens (tertiary/aromatic N) is 5. The lowest BCUT2D eigenvalue weighted by Crippen LogP contribution is -2.57. The molecule has 0 spiro atoms. The second kappa shape index (κ2) is 24.4. The number of methoxy groups -OCH3 is 2. The summed E-state index contributed by atoms with van der Waals surface area (Å²) in [5.74, 6) is -0.795. The molecule has 0 radical (unpaired) electrons. The van der Waals surface area contributed by atoms with Crippen LogP contribution in [0.3, 0.4) is 0 Å². The van der Waals surface area contributed by atoms with Crippen LogP contribution in [0.1, 0.15) is 64.9 Å². The fourth-order valence-corrected chi connectivity index (χ4v) is 8.67. The number of hydrogen-bond donors (Lipinski definition) is 2. The lowest BCUT2D eigenvalue weighted by molar-refractivity contribution is -0.143. The molecule has 5 aromatic rings. The van der Waals surface area contributed by atoms with E-state index >= 15 is 4.79 Å². The van der Waals surface area contributed by atoms with Gasteiger partial charge in [-0.1, -0.05) is 59.6 Å². The fraction of sp³-hybridized carbons (Fsp3) is 0.296. The van der Waals surface area contributed by atoms with Gasteiger partial charge in [0.1, 0.15) is 48.2 Å². The van der Waals surface area contributed by atoms with Crippen molar-refractivity contribution in [1.29, 1.82) is 5.26 Å². The van der Waals surface area contributed by atoms with Crippen LogP contribution in [0, 0.1) is 11.3 Å². The van der Waals surface area contributed by atoms with Crippen LogP contribution in [-0.2, 0) is 33.3 Å². The van der Waals surface area contributed by atoms with Gasteiger partial charge in [0, 0.05) is 47.9 Å². The summed E-state index contributed by atoms with van der Waals surface area (Å²) in [6.07, 6.45) is -9.19. The summed E-state index contributed by atoms with van der Waals surface area (Å²) >= 11 is 12.6. The van der Waals surface area contributed by atoms with Gasteiger partial charge in [0.05, 0.1) is 49.6 Å². The Labute approximate surface area is 448 Å². The Morgan fingerprint density at radius 1 is 0.805 bits per heavy atom. The monoisotopic (exact) mass is 1110 g/mol. The second-order valence-electron chi connectivity index (χ2n) is 17.7. The molecule has 0 aromatic heterocycles. The molecule has 5 aromatic carbocycles. The van der Waals surface area contributed by atoms with Crippen molar-refractivity contribution in [3.63, 3.8) is 0 Å². The Hall–Kier alpha value is -7.96. The molecule has 0 aliphatic carbocycles. The molecule has 2 atom stereocenters. The van der Waals surface area contributed by atoms with E-state index in [2.05, 4.69) is 10.6 Å². The Balaban J connectivity index is 0.973. The number of alkyl halides is 6. The highest BCUT2D eigenvalue weighted by molar-refractivity contribution is 6.30. The van der Waals surface area contributed by atoms with Crippen LogP contribution in [0.25, 0.3) is 6.08 Å². The highest BCUT2D eigenvalue weighted by Crippen LogP contribution is 2.46. The summed E-state index contributed by atoms with van der Waals surface area (Å²) in [5, 5.41) is 15.9. The number of urea groups is 1. The fourth-order valence-electron chi connectivity index (χ4n) is 8.42. The van der Waals surface area contributed by atoms with E-state index in [0.29, 0.717) is 44.8 Å². The third kappa shape index (κ3) is 13.9. The van der Waals surface area contributed by atoms with Gasteiger partial charge in [-0.15, -0.1) is 0 Å². The first-order valence-corrected chi connectivity index (χ1v) is 24.4. The van der Waals surface area contributed by atoms with Gasteiger partial charge in [0.15, 0.2) is 11.5 Å². The van der Waals surface area contributed by atoms with Gasteiger partial charge in [-0.25, -0.2) is 4.79 Å². The zero-order valence-electron chi connectivity index (χ0n) is 41.6. The summed E-state index contributed by atoms with van der Waals surface area (Å²) in [4.78, 5) is 64.4. The number of benzene rings is 5. The first-order chi connectivity index (χ1) is 36.6. The second-order valence-corrected chi connectivity index (χ2v) is 18.6. The maximum absolute atomic E-state index is 15.1. The van der Waals surface area contributed by atoms with Gasteiger partial charge in [0.2, 0.25) is 11.8 Å². The standard InChI is InChI=1S/C54H49Cl2F6N7O8/c1-31(2)77-44-26-40(74-3)16-17-41(44)50-66-48(33-7-12-38(55)13-8-33)49(34-9-14-39(56)15-10-34)69(50)52(73)68-22-21-67(47(71)29-68)28-46(70)64-19-20-65-51(72)36(27-63)23-32-5-18-43(45(24-32)75-4)76-30-35-6-11-37(53(57,58)59)25-42(35)54(60,61)62/h5-18,23-26,31,48-49H,19-22,28-30H2,1-4H3,(H,64,70)(H,65,72). The number of aliphatic imine (C=N–C) groups is 1. The highest BCUT2D eigenvalue weighted by atomic mass is 35.5. The Bertz CT molecular complexity index is 3110. The van der Waals surface area contributed by atoms with Crippen molar-refractivity contribution in [2.75, 3.05) is 53.5 Å². The van der Waals surface area contributed by atoms with Crippen molar-refractivity contribution in [1.82, 2.24) is 25.3 Å². The summed E-state index contributed by atoms with van der Waals surface area (Å²) in [6.45, 7) is 2.03. The molecular formula is C54H49Cl2F6N7O8. The van der Waals surface area contributed by atoms with Crippen LogP contribution in [-0.4, -0.2) is 104 Å². The van der Waals surface area contributed by atoms with E-state index in [9.17, 15) is 46.0 Å². The van der Waals surface area contributed by atoms with E-state index in [1.807, 2.05) is 38.1 Å². The predicted octanol–water partition coefficient (Wildman–Crippen LogP) is 10.1. The molecule has 15 nitrogen and oxygen atoms in total. The first-order valence-electron chi connectivity index (χ1n) is 23.6. The van der Waals surface area contributed by atoms with Gasteiger partial charge in [-0.2, -0.15) is 31.6 Å². The summed E-state index contributed by atoms with van der Waals surface area (Å²) in [5.41, 5.74) is -1.73. The Morgan fingerprint density at radius 2 is 1.48 bits per heavy atom. The minimum absolute atomic E-state index is 0.00211. The average Bonchev–Trinajstić information content (AvgIpc) is 3.84. The number of nitrogens with one attached hydrogen (secondary N) is 2. The molecular weight excluding hydrogens is 1060 g/mol. The summed E-state index contributed by atoms with van der Waals surface area (Å²) < 4.78 is 103. The van der Waals surface area contributed by atoms with Gasteiger partial charge in [-0.3, -0.25) is 24.3 Å². The van der Waals surface area contributed by atoms with Gasteiger partial charge in [0.25, 0.3) is 5.91 Å². The van der Waals surface area contributed by atoms with E-state index in [-0.39, 0.29) is 79.9 Å². The minimum Gasteiger partial charge on any atom is -0.497 e. The number of hydrogen-bond acceptors (Lipinski definition) is 10. The van der Waals surface area contributed by atoms with E-state index < -0.39 is 71.5 Å². The van der Waals surface area contributed by atoms with Crippen molar-refractivity contribution in [3.05, 3.63) is 158 Å². The molecule has 0 saturated carbocycles. The molecule has 1 fully saturated rings. The molecule has 23 heteroatoms. The molecule has 2 aliphatic rings. The number of piperazine rings is 1. The number of halogens is 8. The number of rotatable bonds is 17. The van der Waals surface area contributed by atoms with Crippen LogP contribution in [0.5, 0.6) is 23.0 Å². The van der Waals surface area contributed by atoms with E-state index in [1.54, 1.807) is 53.4 Å². The molecule has 0 bridgehead atoms. The SMILES string of the molecule is COc1ccc(C2=NC(c3ccc(Cl)cc3)C(c3ccc(Cl)cc3)N2C(=O)N2CCN(CC(=O)NCCNC(=O)C(C#N)=Cc3ccc(OCc4ccc(C(F)(F)F)cc4C(F)(F)F)c(OC)c3)C(=O)C2)c(OC(C)C)c1. The van der Waals surface area contributed by atoms with Crippen molar-refractivity contribution in [2.24, 2.45) is 4.99 Å². The van der Waals surface area contributed by atoms with Crippen LogP contribution >= 0.6 is 23.2 Å². The van der Waals surface area contributed by atoms with Crippen molar-refractivity contribution in [3.8, 4) is 29.1 Å². The molecule has 5 amide bonds. The summed E-state index contributed by atoms with van der Waals surface area (Å²) in [6, 6.07) is 24.4. The predicted molar refractivity (Wildman–Crippen MR) is 272 cm³/mol. The lowest BCUT2D eigenvalue weighted by atomic mass is 9.93. The molecule has 2 heterocycles. The first kappa shape index (κ1) is 56.8. The Kier molecular flexibility index (Phi) is 18.0. The lowest BCUT2D eigenvalue weighted by Gasteiger charge is -2.38. The largest absolute Gasteiger partial charge is 0.497 e.